The molecule has 0 spiro atoms. The summed E-state index contributed by atoms with van der Waals surface area (Å²) < 4.78 is 18.8. The number of carbonyl (C=O) groups excluding carboxylic acids is 1. The monoisotopic (exact) mass is 580 g/mol. The predicted molar refractivity (Wildman–Crippen MR) is 164 cm³/mol. The number of amides is 1. The molecule has 1 unspecified atom stereocenters. The summed E-state index contributed by atoms with van der Waals surface area (Å²) in [6, 6.07) is 32.9. The molecule has 0 fully saturated rings. The Hall–Kier alpha value is -4.76. The molecule has 0 saturated carbocycles. The van der Waals surface area contributed by atoms with E-state index in [1.165, 1.54) is 11.8 Å². The largest absolute Gasteiger partial charge is 0.493 e. The number of benzene rings is 4. The van der Waals surface area contributed by atoms with E-state index in [0.29, 0.717) is 28.8 Å². The predicted octanol–water partition coefficient (Wildman–Crippen LogP) is 6.64. The standard InChI is InChI=1S/C33H32N4O4S/c1-23(25-10-6-4-7-11-25)34-32(38)22-42-33-36-35-31(21-24-14-19-29(39-2)30(20-24)40-3)37(33)26-15-17-28(18-16-26)41-27-12-8-5-9-13-27/h4-20,23H,21-22H2,1-3H3,(H,34,38). The van der Waals surface area contributed by atoms with Gasteiger partial charge in [0.25, 0.3) is 0 Å². The quantitative estimate of drug-likeness (QED) is 0.166. The van der Waals surface area contributed by atoms with Crippen molar-refractivity contribution in [2.24, 2.45) is 0 Å². The third-order valence-electron chi connectivity index (χ3n) is 6.59. The fraction of sp³-hybridized carbons (Fsp3) is 0.182. The number of thioether (sulfide) groups is 1. The number of para-hydroxylation sites is 1. The van der Waals surface area contributed by atoms with Crippen molar-refractivity contribution in [2.75, 3.05) is 20.0 Å². The molecule has 8 nitrogen and oxygen atoms in total. The van der Waals surface area contributed by atoms with Crippen LogP contribution in [0.2, 0.25) is 0 Å². The van der Waals surface area contributed by atoms with E-state index in [4.69, 9.17) is 14.2 Å². The lowest BCUT2D eigenvalue weighted by Gasteiger charge is -2.15. The Morgan fingerprint density at radius 3 is 2.19 bits per heavy atom. The maximum atomic E-state index is 12.9. The summed E-state index contributed by atoms with van der Waals surface area (Å²) in [6.45, 7) is 1.97. The van der Waals surface area contributed by atoms with Crippen LogP contribution in [0.25, 0.3) is 5.69 Å². The lowest BCUT2D eigenvalue weighted by molar-refractivity contribution is -0.119. The minimum atomic E-state index is -0.102. The molecule has 0 aliphatic rings. The lowest BCUT2D eigenvalue weighted by atomic mass is 10.1. The van der Waals surface area contributed by atoms with Crippen molar-refractivity contribution in [1.29, 1.82) is 0 Å². The molecule has 0 radical (unpaired) electrons. The first-order valence-electron chi connectivity index (χ1n) is 13.5. The van der Waals surface area contributed by atoms with Gasteiger partial charge in [-0.15, -0.1) is 10.2 Å². The Kier molecular flexibility index (Phi) is 9.41. The summed E-state index contributed by atoms with van der Waals surface area (Å²) in [5.41, 5.74) is 2.89. The van der Waals surface area contributed by atoms with Gasteiger partial charge in [0.1, 0.15) is 17.3 Å². The van der Waals surface area contributed by atoms with Gasteiger partial charge in [-0.1, -0.05) is 66.4 Å². The van der Waals surface area contributed by atoms with E-state index in [2.05, 4.69) is 15.5 Å². The van der Waals surface area contributed by atoms with Crippen LogP contribution < -0.4 is 19.5 Å². The summed E-state index contributed by atoms with van der Waals surface area (Å²) in [5, 5.41) is 12.7. The van der Waals surface area contributed by atoms with Gasteiger partial charge in [-0.05, 0) is 66.6 Å². The molecule has 1 N–H and O–H groups in total. The molecule has 1 atom stereocenters. The molecule has 0 aliphatic carbocycles. The number of aromatic nitrogens is 3. The van der Waals surface area contributed by atoms with Crippen LogP contribution in [0.5, 0.6) is 23.0 Å². The van der Waals surface area contributed by atoms with Gasteiger partial charge in [0, 0.05) is 12.1 Å². The molecule has 0 aliphatic heterocycles. The van der Waals surface area contributed by atoms with Crippen LogP contribution in [-0.2, 0) is 11.2 Å². The van der Waals surface area contributed by atoms with E-state index in [0.717, 1.165) is 28.4 Å². The summed E-state index contributed by atoms with van der Waals surface area (Å²) >= 11 is 1.34. The highest BCUT2D eigenvalue weighted by molar-refractivity contribution is 7.99. The zero-order valence-corrected chi connectivity index (χ0v) is 24.5. The number of ether oxygens (including phenoxy) is 3. The highest BCUT2D eigenvalue weighted by Crippen LogP contribution is 2.30. The number of nitrogens with one attached hydrogen (secondary N) is 1. The maximum absolute atomic E-state index is 12.9. The Balaban J connectivity index is 1.38. The molecule has 4 aromatic carbocycles. The van der Waals surface area contributed by atoms with Gasteiger partial charge < -0.3 is 19.5 Å². The second-order valence-corrected chi connectivity index (χ2v) is 10.4. The molecule has 0 bridgehead atoms. The van der Waals surface area contributed by atoms with Crippen molar-refractivity contribution in [3.8, 4) is 28.7 Å². The SMILES string of the molecule is COc1ccc(Cc2nnc(SCC(=O)NC(C)c3ccccc3)n2-c2ccc(Oc3ccccc3)cc2)cc1OC. The lowest BCUT2D eigenvalue weighted by Crippen LogP contribution is -2.28. The molecule has 1 heterocycles. The van der Waals surface area contributed by atoms with E-state index in [1.54, 1.807) is 14.2 Å². The van der Waals surface area contributed by atoms with Crippen molar-refractivity contribution < 1.29 is 19.0 Å². The van der Waals surface area contributed by atoms with Gasteiger partial charge in [-0.3, -0.25) is 9.36 Å². The van der Waals surface area contributed by atoms with E-state index < -0.39 is 0 Å². The summed E-state index contributed by atoms with van der Waals surface area (Å²) in [4.78, 5) is 12.9. The topological polar surface area (TPSA) is 87.5 Å². The number of hydrogen-bond donors (Lipinski definition) is 1. The van der Waals surface area contributed by atoms with Crippen molar-refractivity contribution in [3.63, 3.8) is 0 Å². The second kappa shape index (κ2) is 13.7. The Morgan fingerprint density at radius 1 is 0.833 bits per heavy atom. The molecule has 1 aromatic heterocycles. The maximum Gasteiger partial charge on any atom is 0.230 e. The van der Waals surface area contributed by atoms with Crippen LogP contribution in [0.4, 0.5) is 0 Å². The minimum Gasteiger partial charge on any atom is -0.493 e. The highest BCUT2D eigenvalue weighted by atomic mass is 32.2. The number of hydrogen-bond acceptors (Lipinski definition) is 7. The van der Waals surface area contributed by atoms with E-state index in [1.807, 2.05) is 115 Å². The summed E-state index contributed by atoms with van der Waals surface area (Å²) in [5.74, 6) is 3.60. The summed E-state index contributed by atoms with van der Waals surface area (Å²) in [7, 11) is 3.22. The fourth-order valence-corrected chi connectivity index (χ4v) is 5.25. The van der Waals surface area contributed by atoms with Gasteiger partial charge in [-0.2, -0.15) is 0 Å². The van der Waals surface area contributed by atoms with Crippen LogP contribution in [0.15, 0.2) is 108 Å². The Morgan fingerprint density at radius 2 is 1.50 bits per heavy atom. The van der Waals surface area contributed by atoms with Gasteiger partial charge in [0.05, 0.1) is 26.0 Å². The first-order chi connectivity index (χ1) is 20.5. The van der Waals surface area contributed by atoms with E-state index >= 15 is 0 Å². The third-order valence-corrected chi connectivity index (χ3v) is 7.52. The Labute approximate surface area is 249 Å². The molecule has 0 saturated heterocycles. The fourth-order valence-electron chi connectivity index (χ4n) is 4.47. The second-order valence-electron chi connectivity index (χ2n) is 9.50. The van der Waals surface area contributed by atoms with Crippen LogP contribution in [-0.4, -0.2) is 40.6 Å². The van der Waals surface area contributed by atoms with Crippen LogP contribution in [0, 0.1) is 0 Å². The number of methoxy groups -OCH3 is 2. The van der Waals surface area contributed by atoms with Crippen molar-refractivity contribution in [2.45, 2.75) is 24.5 Å². The van der Waals surface area contributed by atoms with E-state index in [-0.39, 0.29) is 17.7 Å². The van der Waals surface area contributed by atoms with E-state index in [9.17, 15) is 4.79 Å². The number of nitrogens with zero attached hydrogens (tertiary/aromatic N) is 3. The molecule has 1 amide bonds. The van der Waals surface area contributed by atoms with Gasteiger partial charge in [-0.25, -0.2) is 0 Å². The van der Waals surface area contributed by atoms with Crippen LogP contribution in [0.3, 0.4) is 0 Å². The van der Waals surface area contributed by atoms with Crippen molar-refractivity contribution >= 4 is 17.7 Å². The number of carbonyl (C=O) groups is 1. The normalized spacial score (nSPS) is 11.5. The van der Waals surface area contributed by atoms with Gasteiger partial charge in [0.15, 0.2) is 16.7 Å². The third kappa shape index (κ3) is 7.11. The molecule has 5 aromatic rings. The first kappa shape index (κ1) is 28.8. The highest BCUT2D eigenvalue weighted by Gasteiger charge is 2.18. The molecule has 214 valence electrons. The van der Waals surface area contributed by atoms with Crippen LogP contribution >= 0.6 is 11.8 Å². The molecular weight excluding hydrogens is 548 g/mol. The molecule has 5 rings (SSSR count). The first-order valence-corrected chi connectivity index (χ1v) is 14.5. The van der Waals surface area contributed by atoms with Crippen molar-refractivity contribution in [3.05, 3.63) is 120 Å². The van der Waals surface area contributed by atoms with Gasteiger partial charge in [0.2, 0.25) is 5.91 Å². The summed E-state index contributed by atoms with van der Waals surface area (Å²) in [6.07, 6.45) is 0.493. The Bertz CT molecular complexity index is 1610. The molecular formula is C33H32N4O4S. The van der Waals surface area contributed by atoms with Crippen molar-refractivity contribution in [1.82, 2.24) is 20.1 Å². The smallest absolute Gasteiger partial charge is 0.230 e. The molecule has 42 heavy (non-hydrogen) atoms. The zero-order chi connectivity index (χ0) is 29.3. The average Bonchev–Trinajstić information content (AvgIpc) is 3.43. The molecule has 9 heteroatoms. The zero-order valence-electron chi connectivity index (χ0n) is 23.7. The minimum absolute atomic E-state index is 0.0843. The van der Waals surface area contributed by atoms with Crippen LogP contribution in [0.1, 0.15) is 29.9 Å². The average molecular weight is 581 g/mol. The van der Waals surface area contributed by atoms with Gasteiger partial charge >= 0.3 is 0 Å². The number of rotatable bonds is 12.